The Labute approximate surface area is 311 Å². The fourth-order valence-corrected chi connectivity index (χ4v) is 7.66. The Balaban J connectivity index is 0.000000381. The highest BCUT2D eigenvalue weighted by Crippen LogP contribution is 2.26. The molecule has 0 spiro atoms. The van der Waals surface area contributed by atoms with Crippen molar-refractivity contribution in [1.82, 2.24) is 5.32 Å². The third-order valence-corrected chi connectivity index (χ3v) is 11.3. The van der Waals surface area contributed by atoms with Crippen LogP contribution in [0.3, 0.4) is 0 Å². The molecule has 13 heteroatoms. The lowest BCUT2D eigenvalue weighted by atomic mass is 10.1. The van der Waals surface area contributed by atoms with Crippen LogP contribution in [-0.4, -0.2) is 35.1 Å². The van der Waals surface area contributed by atoms with Crippen LogP contribution in [0.5, 0.6) is 0 Å². The number of nitrogens with one attached hydrogen (secondary N) is 3. The van der Waals surface area contributed by atoms with Gasteiger partial charge in [0.05, 0.1) is 20.6 Å². The lowest BCUT2D eigenvalue weighted by Crippen LogP contribution is -2.20. The molecule has 0 aliphatic carbocycles. The van der Waals surface area contributed by atoms with Crippen molar-refractivity contribution >= 4 is 65.1 Å². The second-order valence-electron chi connectivity index (χ2n) is 12.8. The van der Waals surface area contributed by atoms with Gasteiger partial charge in [0.2, 0.25) is 11.3 Å². The first-order chi connectivity index (χ1) is 25.2. The van der Waals surface area contributed by atoms with E-state index >= 15 is 0 Å². The normalized spacial score (nSPS) is 11.5. The number of amides is 1. The zero-order valence-electron chi connectivity index (χ0n) is 30.5. The Kier molecular flexibility index (Phi) is 14.3. The van der Waals surface area contributed by atoms with Gasteiger partial charge in [-0.15, -0.1) is 0 Å². The minimum atomic E-state index is -4.00. The smallest absolute Gasteiger partial charge is 0.261 e. The van der Waals surface area contributed by atoms with Gasteiger partial charge in [-0.1, -0.05) is 57.4 Å². The van der Waals surface area contributed by atoms with E-state index in [1.165, 1.54) is 43.3 Å². The second kappa shape index (κ2) is 18.7. The standard InChI is InChI=1S/C29H26N2O6S2.C11H21NO2/c1-3-19-5-9-21(10-6-19)30-38(33,34)23-13-15-27-25(17-23)29(32)26-18-24(14-16-28(26)37-27)39(35,36)31-22-11-7-20(4-2)8-12-22;1-10(13)8-6-4-3-5-7-9-12-11(2)14/h5-18,30-31H,3-4H2,1-2H3;3-9H2,1-2H3,(H,12,14). The van der Waals surface area contributed by atoms with Gasteiger partial charge in [0.1, 0.15) is 16.9 Å². The summed E-state index contributed by atoms with van der Waals surface area (Å²) in [4.78, 5) is 34.3. The van der Waals surface area contributed by atoms with E-state index in [1.54, 1.807) is 31.2 Å². The summed E-state index contributed by atoms with van der Waals surface area (Å²) in [5.74, 6) is 0.324. The van der Waals surface area contributed by atoms with Gasteiger partial charge in [-0.05, 0) is 104 Å². The van der Waals surface area contributed by atoms with E-state index in [9.17, 15) is 31.2 Å². The summed E-state index contributed by atoms with van der Waals surface area (Å²) in [6.45, 7) is 7.96. The summed E-state index contributed by atoms with van der Waals surface area (Å²) >= 11 is 0. The van der Waals surface area contributed by atoms with Gasteiger partial charge >= 0.3 is 0 Å². The summed E-state index contributed by atoms with van der Waals surface area (Å²) in [6.07, 6.45) is 7.84. The number of anilines is 2. The first-order valence-corrected chi connectivity index (χ1v) is 20.7. The van der Waals surface area contributed by atoms with E-state index in [0.717, 1.165) is 62.6 Å². The molecule has 11 nitrogen and oxygen atoms in total. The molecule has 0 saturated carbocycles. The third-order valence-electron chi connectivity index (χ3n) is 8.54. The van der Waals surface area contributed by atoms with Gasteiger partial charge in [0, 0.05) is 31.3 Å². The number of sulfonamides is 2. The van der Waals surface area contributed by atoms with E-state index in [-0.39, 0.29) is 43.4 Å². The number of aryl methyl sites for hydroxylation is 2. The molecular formula is C40H47N3O8S2. The predicted octanol–water partition coefficient (Wildman–Crippen LogP) is 7.72. The maximum Gasteiger partial charge on any atom is 0.261 e. The molecule has 0 fully saturated rings. The number of carbonyl (C=O) groups excluding carboxylic acids is 2. The third kappa shape index (κ3) is 11.7. The van der Waals surface area contributed by atoms with Crippen LogP contribution in [-0.2, 0) is 42.5 Å². The molecule has 0 atom stereocenters. The highest BCUT2D eigenvalue weighted by molar-refractivity contribution is 7.93. The highest BCUT2D eigenvalue weighted by Gasteiger charge is 2.20. The number of fused-ring (bicyclic) bond motifs is 2. The van der Waals surface area contributed by atoms with Crippen molar-refractivity contribution in [3.8, 4) is 0 Å². The maximum absolute atomic E-state index is 13.4. The Morgan fingerprint density at radius 1 is 0.604 bits per heavy atom. The monoisotopic (exact) mass is 761 g/mol. The van der Waals surface area contributed by atoms with Crippen molar-refractivity contribution < 1.29 is 30.8 Å². The molecule has 1 amide bonds. The van der Waals surface area contributed by atoms with Crippen LogP contribution in [0.1, 0.15) is 77.3 Å². The van der Waals surface area contributed by atoms with E-state index in [1.807, 2.05) is 38.1 Å². The van der Waals surface area contributed by atoms with Gasteiger partial charge in [-0.3, -0.25) is 19.0 Å². The summed E-state index contributed by atoms with van der Waals surface area (Å²) in [5.41, 5.74) is 2.75. The molecule has 0 saturated heterocycles. The van der Waals surface area contributed by atoms with Crippen LogP contribution >= 0.6 is 0 Å². The van der Waals surface area contributed by atoms with Crippen LogP contribution in [0.25, 0.3) is 21.9 Å². The van der Waals surface area contributed by atoms with Gasteiger partial charge < -0.3 is 14.5 Å². The fourth-order valence-electron chi connectivity index (χ4n) is 5.49. The Hall–Kier alpha value is -5.01. The molecule has 0 radical (unpaired) electrons. The zero-order valence-corrected chi connectivity index (χ0v) is 32.2. The fraction of sp³-hybridized carbons (Fsp3) is 0.325. The van der Waals surface area contributed by atoms with Crippen LogP contribution in [0.15, 0.2) is 104 Å². The average molecular weight is 762 g/mol. The topological polar surface area (TPSA) is 169 Å². The quantitative estimate of drug-likeness (QED) is 0.0678. The van der Waals surface area contributed by atoms with Crippen molar-refractivity contribution in [3.63, 3.8) is 0 Å². The molecule has 0 bridgehead atoms. The van der Waals surface area contributed by atoms with E-state index in [0.29, 0.717) is 17.8 Å². The molecule has 3 N–H and O–H groups in total. The predicted molar refractivity (Wildman–Crippen MR) is 210 cm³/mol. The van der Waals surface area contributed by atoms with Crippen LogP contribution < -0.4 is 20.2 Å². The molecule has 0 aliphatic heterocycles. The number of unbranched alkanes of at least 4 members (excludes halogenated alkanes) is 4. The first-order valence-electron chi connectivity index (χ1n) is 17.7. The van der Waals surface area contributed by atoms with Crippen LogP contribution in [0, 0.1) is 0 Å². The maximum atomic E-state index is 13.4. The van der Waals surface area contributed by atoms with Crippen molar-refractivity contribution in [2.75, 3.05) is 16.0 Å². The summed E-state index contributed by atoms with van der Waals surface area (Å²) in [6, 6.07) is 22.0. The van der Waals surface area contributed by atoms with Crippen molar-refractivity contribution in [1.29, 1.82) is 0 Å². The molecule has 0 aliphatic rings. The van der Waals surface area contributed by atoms with Crippen molar-refractivity contribution in [2.24, 2.45) is 0 Å². The van der Waals surface area contributed by atoms with Crippen molar-refractivity contribution in [2.45, 2.75) is 88.9 Å². The van der Waals surface area contributed by atoms with Crippen LogP contribution in [0.2, 0.25) is 0 Å². The molecule has 4 aromatic carbocycles. The Morgan fingerprint density at radius 2 is 1.04 bits per heavy atom. The number of hydrogen-bond acceptors (Lipinski definition) is 8. The number of Topliss-reactive ketones (excluding diaryl/α,β-unsaturated/α-hetero) is 1. The summed E-state index contributed by atoms with van der Waals surface area (Å²) in [5, 5.41) is 2.80. The molecule has 1 heterocycles. The van der Waals surface area contributed by atoms with Gasteiger partial charge in [0.25, 0.3) is 20.0 Å². The second-order valence-corrected chi connectivity index (χ2v) is 16.1. The number of ketones is 1. The lowest BCUT2D eigenvalue weighted by molar-refractivity contribution is -0.119. The highest BCUT2D eigenvalue weighted by atomic mass is 32.2. The minimum Gasteiger partial charge on any atom is -0.456 e. The summed E-state index contributed by atoms with van der Waals surface area (Å²) < 4.78 is 63.0. The van der Waals surface area contributed by atoms with E-state index in [4.69, 9.17) is 4.42 Å². The molecule has 5 rings (SSSR count). The SMILES string of the molecule is CC(=O)CCCCCCCNC(C)=O.CCc1ccc(NS(=O)(=O)c2ccc3oc4ccc(S(=O)(=O)Nc5ccc(CC)cc5)cc4c(=O)c3c2)cc1. The lowest BCUT2D eigenvalue weighted by Gasteiger charge is -2.11. The molecule has 282 valence electrons. The molecule has 53 heavy (non-hydrogen) atoms. The minimum absolute atomic E-state index is 0.0179. The Morgan fingerprint density at radius 3 is 1.45 bits per heavy atom. The summed E-state index contributed by atoms with van der Waals surface area (Å²) in [7, 11) is -8.00. The number of hydrogen-bond donors (Lipinski definition) is 3. The Bertz CT molecular complexity index is 2160. The number of rotatable bonds is 16. The first kappa shape index (κ1) is 40.8. The van der Waals surface area contributed by atoms with Crippen molar-refractivity contribution in [3.05, 3.63) is 106 Å². The average Bonchev–Trinajstić information content (AvgIpc) is 3.13. The molecular weight excluding hydrogens is 715 g/mol. The number of benzene rings is 4. The number of carbonyl (C=O) groups is 2. The van der Waals surface area contributed by atoms with Gasteiger partial charge in [-0.2, -0.15) is 0 Å². The largest absolute Gasteiger partial charge is 0.456 e. The molecule has 0 unspecified atom stereocenters. The molecule has 1 aromatic heterocycles. The molecule has 5 aromatic rings. The van der Waals surface area contributed by atoms with Gasteiger partial charge in [0.15, 0.2) is 0 Å². The van der Waals surface area contributed by atoms with Gasteiger partial charge in [-0.25, -0.2) is 16.8 Å². The van der Waals surface area contributed by atoms with E-state index < -0.39 is 25.5 Å². The van der Waals surface area contributed by atoms with Crippen LogP contribution in [0.4, 0.5) is 11.4 Å². The zero-order chi connectivity index (χ0) is 38.6. The van der Waals surface area contributed by atoms with E-state index in [2.05, 4.69) is 14.8 Å².